The van der Waals surface area contributed by atoms with Gasteiger partial charge in [-0.3, -0.25) is 14.0 Å². The molecule has 0 unspecified atom stereocenters. The van der Waals surface area contributed by atoms with Crippen molar-refractivity contribution in [3.8, 4) is 5.69 Å². The van der Waals surface area contributed by atoms with E-state index in [9.17, 15) is 15.0 Å². The van der Waals surface area contributed by atoms with Crippen molar-refractivity contribution in [3.63, 3.8) is 0 Å². The molecule has 0 aromatic carbocycles. The highest BCUT2D eigenvalue weighted by atomic mass is 79.9. The maximum atomic E-state index is 13.2. The van der Waals surface area contributed by atoms with Crippen LogP contribution in [-0.4, -0.2) is 48.8 Å². The molecule has 10 heteroatoms. The molecule has 1 aliphatic carbocycles. The van der Waals surface area contributed by atoms with E-state index in [0.29, 0.717) is 27.9 Å². The molecule has 0 fully saturated rings. The van der Waals surface area contributed by atoms with Gasteiger partial charge >= 0.3 is 0 Å². The quantitative estimate of drug-likeness (QED) is 0.455. The number of aliphatic hydroxyl groups is 2. The fraction of sp³-hybridized carbons (Fsp3) is 0.286. The lowest BCUT2D eigenvalue weighted by Gasteiger charge is -2.16. The zero-order valence-corrected chi connectivity index (χ0v) is 18.8. The molecule has 0 radical (unpaired) electrons. The summed E-state index contributed by atoms with van der Waals surface area (Å²) in [6.45, 7) is 0.00757. The van der Waals surface area contributed by atoms with Crippen molar-refractivity contribution in [3.05, 3.63) is 68.3 Å². The number of rotatable bonds is 7. The van der Waals surface area contributed by atoms with E-state index in [1.54, 1.807) is 29.3 Å². The van der Waals surface area contributed by atoms with Crippen LogP contribution >= 0.6 is 27.5 Å². The lowest BCUT2D eigenvalue weighted by atomic mass is 10.1. The summed E-state index contributed by atoms with van der Waals surface area (Å²) in [5.41, 5.74) is 2.08. The fourth-order valence-electron chi connectivity index (χ4n) is 3.44. The molecule has 0 saturated carbocycles. The Hall–Kier alpha value is -2.46. The number of aliphatic hydroxyl groups excluding tert-OH is 2. The lowest BCUT2D eigenvalue weighted by molar-refractivity contribution is 0.203. The van der Waals surface area contributed by atoms with Crippen molar-refractivity contribution in [2.45, 2.75) is 25.4 Å². The minimum atomic E-state index is -0.547. The van der Waals surface area contributed by atoms with Crippen LogP contribution in [0, 0.1) is 0 Å². The summed E-state index contributed by atoms with van der Waals surface area (Å²) in [6.07, 6.45) is 10.8. The Morgan fingerprint density at radius 1 is 1.23 bits per heavy atom. The van der Waals surface area contributed by atoms with Gasteiger partial charge in [0.1, 0.15) is 5.82 Å². The first kappa shape index (κ1) is 21.8. The van der Waals surface area contributed by atoms with Crippen LogP contribution < -0.4 is 10.9 Å². The monoisotopic (exact) mass is 505 g/mol. The molecule has 0 bridgehead atoms. The minimum Gasteiger partial charge on any atom is -0.394 e. The van der Waals surface area contributed by atoms with E-state index in [2.05, 4.69) is 37.4 Å². The molecule has 0 atom stereocenters. The van der Waals surface area contributed by atoms with Crippen LogP contribution in [0.1, 0.15) is 12.8 Å². The van der Waals surface area contributed by atoms with Crippen LogP contribution in [-0.2, 0) is 6.54 Å². The number of hydrogen-bond acceptors (Lipinski definition) is 6. The third-order valence-corrected chi connectivity index (χ3v) is 6.11. The summed E-state index contributed by atoms with van der Waals surface area (Å²) in [4.78, 5) is 17.4. The van der Waals surface area contributed by atoms with E-state index in [1.165, 1.54) is 4.57 Å². The Kier molecular flexibility index (Phi) is 6.57. The first-order chi connectivity index (χ1) is 15.0. The Labute approximate surface area is 191 Å². The first-order valence-electron chi connectivity index (χ1n) is 9.78. The standard InChI is InChI=1S/C21H21BrClN5O3/c22-16-9-24-20(26-14(11-29)12-30)7-19(16)27-6-5-18-15(21(27)31)8-25-28(18)10-13-3-1-2-4-17(13)23/h3-9,14,29-30H,1-2,10-12H2,(H,24,26). The third-order valence-electron chi connectivity index (χ3n) is 5.11. The van der Waals surface area contributed by atoms with Crippen LogP contribution in [0.25, 0.3) is 16.6 Å². The van der Waals surface area contributed by atoms with Crippen molar-refractivity contribution in [2.75, 3.05) is 18.5 Å². The van der Waals surface area contributed by atoms with Crippen LogP contribution in [0.4, 0.5) is 5.82 Å². The maximum Gasteiger partial charge on any atom is 0.266 e. The summed E-state index contributed by atoms with van der Waals surface area (Å²) < 4.78 is 3.90. The number of allylic oxidation sites excluding steroid dienone is 4. The van der Waals surface area contributed by atoms with Crippen molar-refractivity contribution < 1.29 is 10.2 Å². The Bertz CT molecular complexity index is 1230. The molecule has 3 N–H and O–H groups in total. The number of nitrogens with zero attached hydrogens (tertiary/aromatic N) is 4. The van der Waals surface area contributed by atoms with Crippen LogP contribution in [0.2, 0.25) is 0 Å². The molecule has 31 heavy (non-hydrogen) atoms. The number of anilines is 1. The van der Waals surface area contributed by atoms with Crippen molar-refractivity contribution in [2.24, 2.45) is 0 Å². The van der Waals surface area contributed by atoms with E-state index in [0.717, 1.165) is 29.0 Å². The average molecular weight is 507 g/mol. The predicted octanol–water partition coefficient (Wildman–Crippen LogP) is 2.95. The van der Waals surface area contributed by atoms with Gasteiger partial charge in [-0.2, -0.15) is 5.10 Å². The number of hydrogen-bond donors (Lipinski definition) is 3. The van der Waals surface area contributed by atoms with Gasteiger partial charge in [0.25, 0.3) is 5.56 Å². The van der Waals surface area contributed by atoms with Crippen molar-refractivity contribution in [1.82, 2.24) is 19.3 Å². The number of nitrogens with one attached hydrogen (secondary N) is 1. The third kappa shape index (κ3) is 4.45. The molecule has 8 nitrogen and oxygen atoms in total. The minimum absolute atomic E-state index is 0.221. The summed E-state index contributed by atoms with van der Waals surface area (Å²) >= 11 is 9.76. The van der Waals surface area contributed by atoms with Gasteiger partial charge in [-0.05, 0) is 40.4 Å². The molecule has 4 rings (SSSR count). The van der Waals surface area contributed by atoms with Gasteiger partial charge in [-0.15, -0.1) is 0 Å². The van der Waals surface area contributed by atoms with E-state index >= 15 is 0 Å². The van der Waals surface area contributed by atoms with Gasteiger partial charge in [-0.1, -0.05) is 23.8 Å². The predicted molar refractivity (Wildman–Crippen MR) is 124 cm³/mol. The van der Waals surface area contributed by atoms with Crippen molar-refractivity contribution >= 4 is 44.3 Å². The van der Waals surface area contributed by atoms with E-state index in [-0.39, 0.29) is 18.8 Å². The van der Waals surface area contributed by atoms with Gasteiger partial charge in [0.2, 0.25) is 0 Å². The normalized spacial score (nSPS) is 14.1. The molecule has 0 amide bonds. The largest absolute Gasteiger partial charge is 0.394 e. The topological polar surface area (TPSA) is 105 Å². The number of fused-ring (bicyclic) bond motifs is 1. The summed E-state index contributed by atoms with van der Waals surface area (Å²) in [7, 11) is 0. The van der Waals surface area contributed by atoms with Gasteiger partial charge in [-0.25, -0.2) is 4.98 Å². The maximum absolute atomic E-state index is 13.2. The molecule has 3 heterocycles. The second-order valence-electron chi connectivity index (χ2n) is 7.18. The van der Waals surface area contributed by atoms with Gasteiger partial charge in [0, 0.05) is 23.5 Å². The molecule has 1 aliphatic rings. The van der Waals surface area contributed by atoms with Gasteiger partial charge < -0.3 is 15.5 Å². The van der Waals surface area contributed by atoms with Gasteiger partial charge in [0.15, 0.2) is 0 Å². The average Bonchev–Trinajstić information content (AvgIpc) is 3.19. The summed E-state index contributed by atoms with van der Waals surface area (Å²) in [6, 6.07) is 2.97. The molecular formula is C21H21BrClN5O3. The molecule has 3 aromatic rings. The lowest BCUT2D eigenvalue weighted by Crippen LogP contribution is -2.28. The Balaban J connectivity index is 1.70. The number of pyridine rings is 2. The molecular weight excluding hydrogens is 486 g/mol. The van der Waals surface area contributed by atoms with Gasteiger partial charge in [0.05, 0.1) is 53.1 Å². The molecule has 0 spiro atoms. The summed E-state index contributed by atoms with van der Waals surface area (Å²) in [5.74, 6) is 0.430. The Morgan fingerprint density at radius 3 is 2.74 bits per heavy atom. The first-order valence-corrected chi connectivity index (χ1v) is 11.0. The number of halogens is 2. The van der Waals surface area contributed by atoms with Crippen LogP contribution in [0.5, 0.6) is 0 Å². The van der Waals surface area contributed by atoms with Crippen molar-refractivity contribution in [1.29, 1.82) is 0 Å². The zero-order chi connectivity index (χ0) is 22.0. The Morgan fingerprint density at radius 2 is 2.00 bits per heavy atom. The molecule has 3 aromatic heterocycles. The van der Waals surface area contributed by atoms with E-state index in [4.69, 9.17) is 11.6 Å². The molecule has 162 valence electrons. The summed E-state index contributed by atoms with van der Waals surface area (Å²) in [5, 5.41) is 27.1. The molecule has 0 saturated heterocycles. The molecule has 0 aliphatic heterocycles. The second kappa shape index (κ2) is 9.35. The second-order valence-corrected chi connectivity index (χ2v) is 8.44. The highest BCUT2D eigenvalue weighted by Gasteiger charge is 2.15. The highest BCUT2D eigenvalue weighted by molar-refractivity contribution is 9.10. The van der Waals surface area contributed by atoms with E-state index < -0.39 is 6.04 Å². The van der Waals surface area contributed by atoms with E-state index in [1.807, 2.05) is 12.1 Å². The number of aromatic nitrogens is 4. The SMILES string of the molecule is O=c1c2cnn(CC3=CCCC=C3Cl)c2ccn1-c1cc(NC(CO)CO)ncc1Br. The zero-order valence-electron chi connectivity index (χ0n) is 16.5. The fourth-order valence-corrected chi connectivity index (χ4v) is 4.10. The van der Waals surface area contributed by atoms with Crippen LogP contribution in [0.15, 0.2) is 62.7 Å². The smallest absolute Gasteiger partial charge is 0.266 e. The van der Waals surface area contributed by atoms with Crippen LogP contribution in [0.3, 0.4) is 0 Å². The highest BCUT2D eigenvalue weighted by Crippen LogP contribution is 2.26.